The first-order valence-corrected chi connectivity index (χ1v) is 9.27. The van der Waals surface area contributed by atoms with Gasteiger partial charge in [-0.25, -0.2) is 0 Å². The van der Waals surface area contributed by atoms with Crippen LogP contribution in [0, 0.1) is 0 Å². The Kier molecular flexibility index (Phi) is 7.63. The minimum absolute atomic E-state index is 1.06. The van der Waals surface area contributed by atoms with Crippen molar-refractivity contribution in [1.82, 2.24) is 0 Å². The molecule has 0 aliphatic heterocycles. The van der Waals surface area contributed by atoms with E-state index in [1.165, 1.54) is 22.3 Å². The van der Waals surface area contributed by atoms with Gasteiger partial charge in [0, 0.05) is 18.4 Å². The summed E-state index contributed by atoms with van der Waals surface area (Å²) in [5.74, 6) is 0. The fourth-order valence-corrected chi connectivity index (χ4v) is 2.69. The largest absolute Gasteiger partial charge is 0.345 e. The van der Waals surface area contributed by atoms with Crippen LogP contribution in [-0.2, 0) is 0 Å². The lowest BCUT2D eigenvalue weighted by molar-refractivity contribution is 1.14. The van der Waals surface area contributed by atoms with E-state index >= 15 is 0 Å². The molecule has 1 nitrogen and oxygen atoms in total. The number of allylic oxidation sites excluding steroid dienone is 8. The van der Waals surface area contributed by atoms with Gasteiger partial charge in [0.25, 0.3) is 0 Å². The van der Waals surface area contributed by atoms with E-state index in [2.05, 4.69) is 105 Å². The molecule has 2 aromatic carbocycles. The van der Waals surface area contributed by atoms with Crippen molar-refractivity contribution in [2.45, 2.75) is 20.8 Å². The van der Waals surface area contributed by atoms with Crippen LogP contribution in [0.2, 0.25) is 0 Å². The molecule has 0 radical (unpaired) electrons. The Morgan fingerprint density at radius 1 is 0.815 bits per heavy atom. The van der Waals surface area contributed by atoms with Crippen molar-refractivity contribution in [3.63, 3.8) is 0 Å². The van der Waals surface area contributed by atoms with E-state index in [4.69, 9.17) is 0 Å². The average Bonchev–Trinajstić information content (AvgIpc) is 2.72. The van der Waals surface area contributed by atoms with E-state index in [0.29, 0.717) is 0 Å². The van der Waals surface area contributed by atoms with Crippen LogP contribution in [0.25, 0.3) is 11.1 Å². The molecular formula is C26H29N. The monoisotopic (exact) mass is 355 g/mol. The summed E-state index contributed by atoms with van der Waals surface area (Å²) in [5.41, 5.74) is 7.13. The van der Waals surface area contributed by atoms with Gasteiger partial charge < -0.3 is 4.90 Å². The van der Waals surface area contributed by atoms with Crippen LogP contribution in [0.4, 0.5) is 5.69 Å². The molecule has 1 heteroatoms. The standard InChI is InChI=1S/C26H29N/c1-6-8-12-21(3)22(4)15-18-25(7-2)27(5)26-19-16-24(17-20-26)23-13-10-9-11-14-23/h6-20H,2H2,1,3-5H3/b8-6-,21-12+,22-15+,25-18+. The molecule has 2 rings (SSSR count). The maximum atomic E-state index is 3.98. The number of hydrogen-bond acceptors (Lipinski definition) is 1. The highest BCUT2D eigenvalue weighted by atomic mass is 15.1. The lowest BCUT2D eigenvalue weighted by Gasteiger charge is -2.20. The van der Waals surface area contributed by atoms with Crippen LogP contribution in [0.15, 0.2) is 114 Å². The minimum atomic E-state index is 1.06. The van der Waals surface area contributed by atoms with Crippen LogP contribution >= 0.6 is 0 Å². The van der Waals surface area contributed by atoms with Crippen LogP contribution in [-0.4, -0.2) is 7.05 Å². The van der Waals surface area contributed by atoms with Crippen LogP contribution < -0.4 is 4.90 Å². The molecule has 0 unspecified atom stereocenters. The molecule has 0 heterocycles. The van der Waals surface area contributed by atoms with Gasteiger partial charge in [-0.1, -0.05) is 73.3 Å². The molecule has 0 aliphatic rings. The van der Waals surface area contributed by atoms with Crippen molar-refractivity contribution in [3.8, 4) is 11.1 Å². The zero-order valence-electron chi connectivity index (χ0n) is 16.8. The first kappa shape index (κ1) is 20.3. The number of benzene rings is 2. The first-order valence-electron chi connectivity index (χ1n) is 9.27. The quantitative estimate of drug-likeness (QED) is 0.470. The third-order valence-electron chi connectivity index (χ3n) is 4.62. The molecule has 27 heavy (non-hydrogen) atoms. The summed E-state index contributed by atoms with van der Waals surface area (Å²) < 4.78 is 0. The smallest absolute Gasteiger partial charge is 0.0408 e. The molecule has 2 aromatic rings. The Morgan fingerprint density at radius 2 is 1.41 bits per heavy atom. The summed E-state index contributed by atoms with van der Waals surface area (Å²) in [6.07, 6.45) is 12.4. The summed E-state index contributed by atoms with van der Waals surface area (Å²) in [6.45, 7) is 10.3. The topological polar surface area (TPSA) is 3.24 Å². The molecule has 0 N–H and O–H groups in total. The SMILES string of the molecule is C=C\C(=C/C=C(C)/C(C)=C/C=C\C)N(C)c1ccc(-c2ccccc2)cc1. The highest BCUT2D eigenvalue weighted by molar-refractivity contribution is 5.67. The summed E-state index contributed by atoms with van der Waals surface area (Å²) in [4.78, 5) is 2.15. The molecule has 0 bridgehead atoms. The highest BCUT2D eigenvalue weighted by Crippen LogP contribution is 2.24. The average molecular weight is 356 g/mol. The second kappa shape index (κ2) is 10.2. The maximum Gasteiger partial charge on any atom is 0.0408 e. The lowest BCUT2D eigenvalue weighted by atomic mass is 10.1. The minimum Gasteiger partial charge on any atom is -0.345 e. The molecule has 138 valence electrons. The van der Waals surface area contributed by atoms with Gasteiger partial charge in [0.1, 0.15) is 0 Å². The number of rotatable bonds is 7. The molecule has 0 saturated heterocycles. The van der Waals surface area contributed by atoms with Gasteiger partial charge in [-0.3, -0.25) is 0 Å². The maximum absolute atomic E-state index is 3.98. The zero-order chi connectivity index (χ0) is 19.6. The second-order valence-electron chi connectivity index (χ2n) is 6.49. The van der Waals surface area contributed by atoms with E-state index in [-0.39, 0.29) is 0 Å². The molecule has 0 amide bonds. The Balaban J connectivity index is 2.21. The summed E-state index contributed by atoms with van der Waals surface area (Å²) in [7, 11) is 2.07. The molecule has 0 spiro atoms. The predicted molar refractivity (Wildman–Crippen MR) is 121 cm³/mol. The van der Waals surface area contributed by atoms with E-state index in [9.17, 15) is 0 Å². The summed E-state index contributed by atoms with van der Waals surface area (Å²) in [5, 5.41) is 0. The van der Waals surface area contributed by atoms with Crippen LogP contribution in [0.1, 0.15) is 20.8 Å². The van der Waals surface area contributed by atoms with Gasteiger partial charge >= 0.3 is 0 Å². The van der Waals surface area contributed by atoms with Crippen molar-refractivity contribution in [3.05, 3.63) is 114 Å². The highest BCUT2D eigenvalue weighted by Gasteiger charge is 2.05. The Hall–Kier alpha value is -3.06. The van der Waals surface area contributed by atoms with Gasteiger partial charge in [0.05, 0.1) is 0 Å². The number of nitrogens with zero attached hydrogens (tertiary/aromatic N) is 1. The Labute approximate surface area is 164 Å². The van der Waals surface area contributed by atoms with Crippen molar-refractivity contribution in [2.75, 3.05) is 11.9 Å². The van der Waals surface area contributed by atoms with Crippen molar-refractivity contribution < 1.29 is 0 Å². The van der Waals surface area contributed by atoms with Crippen LogP contribution in [0.5, 0.6) is 0 Å². The fraction of sp³-hybridized carbons (Fsp3) is 0.154. The summed E-state index contributed by atoms with van der Waals surface area (Å²) in [6, 6.07) is 19.0. The molecular weight excluding hydrogens is 326 g/mol. The van der Waals surface area contributed by atoms with Gasteiger partial charge in [0.15, 0.2) is 0 Å². The lowest BCUT2D eigenvalue weighted by Crippen LogP contribution is -2.14. The van der Waals surface area contributed by atoms with Crippen LogP contribution in [0.3, 0.4) is 0 Å². The molecule has 0 aliphatic carbocycles. The fourth-order valence-electron chi connectivity index (χ4n) is 2.69. The predicted octanol–water partition coefficient (Wildman–Crippen LogP) is 7.33. The Morgan fingerprint density at radius 3 is 2.00 bits per heavy atom. The second-order valence-corrected chi connectivity index (χ2v) is 6.49. The van der Waals surface area contributed by atoms with Crippen molar-refractivity contribution in [2.24, 2.45) is 0 Å². The van der Waals surface area contributed by atoms with E-state index in [0.717, 1.165) is 11.4 Å². The number of hydrogen-bond donors (Lipinski definition) is 0. The third kappa shape index (κ3) is 5.72. The molecule has 0 saturated carbocycles. The number of anilines is 1. The molecule has 0 aromatic heterocycles. The van der Waals surface area contributed by atoms with E-state index in [1.54, 1.807) is 0 Å². The van der Waals surface area contributed by atoms with Gasteiger partial charge in [-0.15, -0.1) is 0 Å². The molecule has 0 atom stereocenters. The van der Waals surface area contributed by atoms with Crippen molar-refractivity contribution >= 4 is 5.69 Å². The van der Waals surface area contributed by atoms with E-state index in [1.807, 2.05) is 25.1 Å². The molecule has 0 fully saturated rings. The van der Waals surface area contributed by atoms with Gasteiger partial charge in [-0.05, 0) is 67.3 Å². The first-order chi connectivity index (χ1) is 13.1. The van der Waals surface area contributed by atoms with Crippen molar-refractivity contribution in [1.29, 1.82) is 0 Å². The zero-order valence-corrected chi connectivity index (χ0v) is 16.8. The summed E-state index contributed by atoms with van der Waals surface area (Å²) >= 11 is 0. The Bertz CT molecular complexity index is 862. The normalized spacial score (nSPS) is 13.1. The van der Waals surface area contributed by atoms with Gasteiger partial charge in [0.2, 0.25) is 0 Å². The van der Waals surface area contributed by atoms with Gasteiger partial charge in [-0.2, -0.15) is 0 Å². The number of likely N-dealkylation sites (N-methyl/N-ethyl adjacent to an activating group) is 1. The third-order valence-corrected chi connectivity index (χ3v) is 4.62. The van der Waals surface area contributed by atoms with E-state index < -0.39 is 0 Å².